The third-order valence-electron chi connectivity index (χ3n) is 6.15. The first-order valence-corrected chi connectivity index (χ1v) is 11.4. The lowest BCUT2D eigenvalue weighted by Crippen LogP contribution is -2.42. The van der Waals surface area contributed by atoms with Crippen LogP contribution in [0, 0.1) is 11.7 Å². The Labute approximate surface area is 183 Å². The van der Waals surface area contributed by atoms with Crippen molar-refractivity contribution < 1.29 is 13.9 Å². The van der Waals surface area contributed by atoms with Crippen LogP contribution in [0.3, 0.4) is 0 Å². The zero-order valence-corrected chi connectivity index (χ0v) is 18.6. The molecule has 0 unspecified atom stereocenters. The van der Waals surface area contributed by atoms with Gasteiger partial charge in [0, 0.05) is 36.9 Å². The number of carbonyl (C=O) groups excluding carboxylic acids is 1. The van der Waals surface area contributed by atoms with Crippen molar-refractivity contribution in [2.45, 2.75) is 52.1 Å². The number of aromatic nitrogens is 2. The molecule has 7 heteroatoms. The average Bonchev–Trinajstić information content (AvgIpc) is 3.12. The molecule has 1 aliphatic carbocycles. The van der Waals surface area contributed by atoms with E-state index in [0.717, 1.165) is 49.9 Å². The van der Waals surface area contributed by atoms with E-state index in [2.05, 4.69) is 23.8 Å². The van der Waals surface area contributed by atoms with E-state index in [9.17, 15) is 9.18 Å². The van der Waals surface area contributed by atoms with Crippen LogP contribution in [0.25, 0.3) is 0 Å². The molecule has 2 heterocycles. The minimum Gasteiger partial charge on any atom is -0.378 e. The maximum absolute atomic E-state index is 13.2. The molecule has 1 N–H and O–H groups in total. The van der Waals surface area contributed by atoms with Crippen molar-refractivity contribution in [1.29, 1.82) is 0 Å². The highest BCUT2D eigenvalue weighted by Gasteiger charge is 2.31. The van der Waals surface area contributed by atoms with Crippen LogP contribution in [-0.4, -0.2) is 59.5 Å². The number of carbonyl (C=O) groups is 1. The van der Waals surface area contributed by atoms with Crippen LogP contribution in [0.2, 0.25) is 0 Å². The van der Waals surface area contributed by atoms with Gasteiger partial charge in [0.2, 0.25) is 0 Å². The summed E-state index contributed by atoms with van der Waals surface area (Å²) in [6.07, 6.45) is 3.64. The van der Waals surface area contributed by atoms with E-state index >= 15 is 0 Å². The summed E-state index contributed by atoms with van der Waals surface area (Å²) in [7, 11) is 0. The molecule has 0 saturated carbocycles. The average molecular weight is 429 g/mol. The van der Waals surface area contributed by atoms with E-state index in [1.165, 1.54) is 17.8 Å². The van der Waals surface area contributed by atoms with Crippen molar-refractivity contribution in [2.75, 3.05) is 32.8 Å². The third kappa shape index (κ3) is 5.33. The second-order valence-corrected chi connectivity index (χ2v) is 9.02. The van der Waals surface area contributed by atoms with Gasteiger partial charge in [-0.2, -0.15) is 5.10 Å². The predicted molar refractivity (Wildman–Crippen MR) is 118 cm³/mol. The summed E-state index contributed by atoms with van der Waals surface area (Å²) in [5, 5.41) is 8.44. The zero-order valence-electron chi connectivity index (χ0n) is 18.6. The molecule has 0 bridgehead atoms. The Morgan fingerprint density at radius 2 is 2.00 bits per heavy atom. The van der Waals surface area contributed by atoms with Crippen molar-refractivity contribution in [2.24, 2.45) is 5.92 Å². The van der Waals surface area contributed by atoms with Crippen molar-refractivity contribution in [3.8, 4) is 0 Å². The molecule has 1 aromatic heterocycles. The lowest BCUT2D eigenvalue weighted by atomic mass is 9.90. The topological polar surface area (TPSA) is 59.4 Å². The Morgan fingerprint density at radius 3 is 2.71 bits per heavy atom. The van der Waals surface area contributed by atoms with E-state index in [1.807, 2.05) is 17.0 Å². The minimum absolute atomic E-state index is 0.0361. The SMILES string of the molecule is CC(C)Cn1nc(C(=O)N2CCOCC2)c2c1CC[C@@H](NCCc1ccc(F)cc1)C2. The van der Waals surface area contributed by atoms with E-state index in [-0.39, 0.29) is 11.7 Å². The lowest BCUT2D eigenvalue weighted by Gasteiger charge is -2.28. The van der Waals surface area contributed by atoms with Crippen molar-refractivity contribution in [1.82, 2.24) is 20.0 Å². The minimum atomic E-state index is -0.201. The fourth-order valence-electron chi connectivity index (χ4n) is 4.52. The van der Waals surface area contributed by atoms with Gasteiger partial charge in [0.05, 0.1) is 13.2 Å². The molecule has 2 aromatic rings. The number of halogens is 1. The summed E-state index contributed by atoms with van der Waals surface area (Å²) >= 11 is 0. The summed E-state index contributed by atoms with van der Waals surface area (Å²) in [5.41, 5.74) is 4.09. The van der Waals surface area contributed by atoms with Crippen molar-refractivity contribution in [3.63, 3.8) is 0 Å². The molecule has 31 heavy (non-hydrogen) atoms. The van der Waals surface area contributed by atoms with Crippen LogP contribution >= 0.6 is 0 Å². The maximum Gasteiger partial charge on any atom is 0.274 e. The molecule has 1 saturated heterocycles. The van der Waals surface area contributed by atoms with Crippen LogP contribution in [0.15, 0.2) is 24.3 Å². The largest absolute Gasteiger partial charge is 0.378 e. The van der Waals surface area contributed by atoms with E-state index in [1.54, 1.807) is 0 Å². The number of nitrogens with zero attached hydrogens (tertiary/aromatic N) is 3. The standard InChI is InChI=1S/C24H33FN4O2/c1-17(2)16-29-22-8-7-20(26-10-9-18-3-5-19(25)6-4-18)15-21(22)23(27-29)24(30)28-11-13-31-14-12-28/h3-6,17,20,26H,7-16H2,1-2H3/t20-/m1/s1. The Morgan fingerprint density at radius 1 is 1.26 bits per heavy atom. The molecular weight excluding hydrogens is 395 g/mol. The summed E-state index contributed by atoms with van der Waals surface area (Å²) in [6.45, 7) is 8.47. The number of hydrogen-bond acceptors (Lipinski definition) is 4. The lowest BCUT2D eigenvalue weighted by molar-refractivity contribution is 0.0297. The Balaban J connectivity index is 1.46. The number of benzene rings is 1. The molecule has 168 valence electrons. The maximum atomic E-state index is 13.2. The number of fused-ring (bicyclic) bond motifs is 1. The van der Waals surface area contributed by atoms with Crippen LogP contribution in [0.4, 0.5) is 4.39 Å². The van der Waals surface area contributed by atoms with E-state index < -0.39 is 0 Å². The number of morpholine rings is 1. The highest BCUT2D eigenvalue weighted by Crippen LogP contribution is 2.27. The molecule has 2 aliphatic rings. The van der Waals surface area contributed by atoms with Gasteiger partial charge in [-0.1, -0.05) is 26.0 Å². The smallest absolute Gasteiger partial charge is 0.274 e. The number of rotatable bonds is 7. The molecule has 1 aliphatic heterocycles. The van der Waals surface area contributed by atoms with Gasteiger partial charge in [-0.15, -0.1) is 0 Å². The van der Waals surface area contributed by atoms with Gasteiger partial charge in [0.15, 0.2) is 5.69 Å². The van der Waals surface area contributed by atoms with Crippen molar-refractivity contribution >= 4 is 5.91 Å². The van der Waals surface area contributed by atoms with Crippen molar-refractivity contribution in [3.05, 3.63) is 52.6 Å². The van der Waals surface area contributed by atoms with Crippen LogP contribution in [0.1, 0.15) is 47.6 Å². The van der Waals surface area contributed by atoms with E-state index in [4.69, 9.17) is 9.84 Å². The first kappa shape index (κ1) is 22.0. The number of amides is 1. The monoisotopic (exact) mass is 428 g/mol. The normalized spacial score (nSPS) is 19.0. The van der Waals surface area contributed by atoms with Gasteiger partial charge in [-0.3, -0.25) is 9.48 Å². The first-order chi connectivity index (χ1) is 15.0. The highest BCUT2D eigenvalue weighted by atomic mass is 19.1. The summed E-state index contributed by atoms with van der Waals surface area (Å²) in [4.78, 5) is 15.1. The molecule has 0 radical (unpaired) electrons. The second-order valence-electron chi connectivity index (χ2n) is 9.02. The molecule has 1 amide bonds. The fourth-order valence-corrected chi connectivity index (χ4v) is 4.52. The summed E-state index contributed by atoms with van der Waals surface area (Å²) in [6, 6.07) is 7.01. The molecule has 4 rings (SSSR count). The Kier molecular flexibility index (Phi) is 7.02. The molecular formula is C24H33FN4O2. The number of hydrogen-bond donors (Lipinski definition) is 1. The molecule has 1 aromatic carbocycles. The molecule has 1 atom stereocenters. The van der Waals surface area contributed by atoms with Crippen LogP contribution in [0.5, 0.6) is 0 Å². The zero-order chi connectivity index (χ0) is 21.8. The van der Waals surface area contributed by atoms with Crippen LogP contribution in [-0.2, 0) is 30.5 Å². The molecule has 0 spiro atoms. The quantitative estimate of drug-likeness (QED) is 0.737. The third-order valence-corrected chi connectivity index (χ3v) is 6.15. The van der Waals surface area contributed by atoms with Gasteiger partial charge >= 0.3 is 0 Å². The first-order valence-electron chi connectivity index (χ1n) is 11.4. The number of nitrogens with one attached hydrogen (secondary N) is 1. The number of ether oxygens (including phenoxy) is 1. The van der Waals surface area contributed by atoms with Gasteiger partial charge < -0.3 is 15.0 Å². The Hall–Kier alpha value is -2.25. The van der Waals surface area contributed by atoms with Crippen LogP contribution < -0.4 is 5.32 Å². The summed E-state index contributed by atoms with van der Waals surface area (Å²) < 4.78 is 20.6. The molecule has 6 nitrogen and oxygen atoms in total. The second kappa shape index (κ2) is 9.92. The van der Waals surface area contributed by atoms with Gasteiger partial charge in [0.25, 0.3) is 5.91 Å². The van der Waals surface area contributed by atoms with Gasteiger partial charge in [-0.05, 0) is 55.8 Å². The summed E-state index contributed by atoms with van der Waals surface area (Å²) in [5.74, 6) is 0.309. The highest BCUT2D eigenvalue weighted by molar-refractivity contribution is 5.94. The molecule has 1 fully saturated rings. The van der Waals surface area contributed by atoms with E-state index in [0.29, 0.717) is 44.0 Å². The predicted octanol–water partition coefficient (Wildman–Crippen LogP) is 2.84. The van der Waals surface area contributed by atoms with Gasteiger partial charge in [-0.25, -0.2) is 4.39 Å². The Bertz CT molecular complexity index is 888. The van der Waals surface area contributed by atoms with Gasteiger partial charge in [0.1, 0.15) is 5.82 Å². The fraction of sp³-hybridized carbons (Fsp3) is 0.583.